The monoisotopic (exact) mass is 300 g/mol. The first-order valence-electron chi connectivity index (χ1n) is 7.24. The summed E-state index contributed by atoms with van der Waals surface area (Å²) in [5.74, 6) is 0.510. The Kier molecular flexibility index (Phi) is 5.83. The maximum Gasteiger partial charge on any atom is 0.303 e. The largest absolute Gasteiger partial charge is 0.493 e. The van der Waals surface area contributed by atoms with E-state index in [4.69, 9.17) is 14.6 Å². The summed E-state index contributed by atoms with van der Waals surface area (Å²) in [6.45, 7) is 0.564. The van der Waals surface area contributed by atoms with Crippen LogP contribution in [-0.2, 0) is 17.6 Å². The zero-order valence-corrected chi connectivity index (χ0v) is 12.6. The molecule has 2 rings (SSSR count). The van der Waals surface area contributed by atoms with Crippen molar-refractivity contribution in [3.05, 3.63) is 59.7 Å². The van der Waals surface area contributed by atoms with E-state index in [1.165, 1.54) is 5.56 Å². The van der Waals surface area contributed by atoms with E-state index in [0.717, 1.165) is 12.0 Å². The highest BCUT2D eigenvalue weighted by atomic mass is 16.5. The van der Waals surface area contributed by atoms with Crippen LogP contribution in [0, 0.1) is 0 Å². The van der Waals surface area contributed by atoms with Crippen LogP contribution >= 0.6 is 0 Å². The number of aryl methyl sites for hydroxylation is 1. The van der Waals surface area contributed by atoms with Crippen molar-refractivity contribution in [3.8, 4) is 11.5 Å². The topological polar surface area (TPSA) is 55.8 Å². The Hall–Kier alpha value is -2.49. The Balaban J connectivity index is 1.94. The van der Waals surface area contributed by atoms with Gasteiger partial charge in [0.2, 0.25) is 0 Å². The van der Waals surface area contributed by atoms with Crippen molar-refractivity contribution in [1.29, 1.82) is 0 Å². The lowest BCUT2D eigenvalue weighted by Gasteiger charge is -2.12. The van der Waals surface area contributed by atoms with Gasteiger partial charge in [0, 0.05) is 12.8 Å². The second-order valence-corrected chi connectivity index (χ2v) is 4.96. The molecule has 0 bridgehead atoms. The minimum atomic E-state index is -0.804. The van der Waals surface area contributed by atoms with Crippen LogP contribution in [0.4, 0.5) is 0 Å². The van der Waals surface area contributed by atoms with Gasteiger partial charge in [-0.2, -0.15) is 0 Å². The normalized spacial score (nSPS) is 10.2. The summed E-state index contributed by atoms with van der Waals surface area (Å²) in [4.78, 5) is 10.6. The Labute approximate surface area is 130 Å². The van der Waals surface area contributed by atoms with Gasteiger partial charge >= 0.3 is 5.97 Å². The molecular weight excluding hydrogens is 280 g/mol. The van der Waals surface area contributed by atoms with Crippen molar-refractivity contribution >= 4 is 5.97 Å². The fourth-order valence-corrected chi connectivity index (χ4v) is 2.16. The van der Waals surface area contributed by atoms with Crippen LogP contribution in [0.3, 0.4) is 0 Å². The highest BCUT2D eigenvalue weighted by Crippen LogP contribution is 2.28. The molecule has 0 heterocycles. The maximum absolute atomic E-state index is 10.6. The van der Waals surface area contributed by atoms with Gasteiger partial charge < -0.3 is 14.6 Å². The van der Waals surface area contributed by atoms with Crippen LogP contribution < -0.4 is 9.47 Å². The van der Waals surface area contributed by atoms with Gasteiger partial charge in [0.05, 0.1) is 13.7 Å². The minimum Gasteiger partial charge on any atom is -0.493 e. The summed E-state index contributed by atoms with van der Waals surface area (Å²) in [6, 6.07) is 15.7. The molecule has 0 fully saturated rings. The molecule has 0 aliphatic carbocycles. The number of carboxylic acids is 1. The summed E-state index contributed by atoms with van der Waals surface area (Å²) in [5, 5.41) is 8.72. The predicted octanol–water partition coefficient (Wildman–Crippen LogP) is 3.33. The average Bonchev–Trinajstić information content (AvgIpc) is 2.54. The van der Waals surface area contributed by atoms with Gasteiger partial charge in [0.25, 0.3) is 0 Å². The van der Waals surface area contributed by atoms with Gasteiger partial charge in [-0.15, -0.1) is 0 Å². The fraction of sp³-hybridized carbons (Fsp3) is 0.278. The van der Waals surface area contributed by atoms with Crippen LogP contribution in [-0.4, -0.2) is 24.8 Å². The number of carboxylic acid groups (broad SMARTS) is 1. The summed E-state index contributed by atoms with van der Waals surface area (Å²) >= 11 is 0. The molecular formula is C18H20O4. The average molecular weight is 300 g/mol. The number of carbonyl (C=O) groups is 1. The number of ether oxygens (including phenoxy) is 2. The zero-order valence-electron chi connectivity index (χ0n) is 12.6. The number of hydrogen-bond donors (Lipinski definition) is 1. The molecule has 116 valence electrons. The molecule has 0 saturated carbocycles. The standard InChI is InChI=1S/C18H20O4/c1-21-17-13-15(8-10-18(19)20)7-9-16(17)22-12-11-14-5-3-2-4-6-14/h2-7,9,13H,8,10-12H2,1H3,(H,19,20). The molecule has 0 amide bonds. The van der Waals surface area contributed by atoms with Crippen LogP contribution in [0.15, 0.2) is 48.5 Å². The zero-order chi connectivity index (χ0) is 15.8. The van der Waals surface area contributed by atoms with E-state index in [1.807, 2.05) is 36.4 Å². The molecule has 2 aromatic carbocycles. The quantitative estimate of drug-likeness (QED) is 0.812. The molecule has 0 atom stereocenters. The first-order chi connectivity index (χ1) is 10.7. The Bertz CT molecular complexity index is 608. The van der Waals surface area contributed by atoms with Gasteiger partial charge in [-0.3, -0.25) is 4.79 Å². The summed E-state index contributed by atoms with van der Waals surface area (Å²) < 4.78 is 11.1. The van der Waals surface area contributed by atoms with E-state index >= 15 is 0 Å². The number of aliphatic carboxylic acids is 1. The smallest absolute Gasteiger partial charge is 0.303 e. The molecule has 4 nitrogen and oxygen atoms in total. The molecule has 0 aliphatic heterocycles. The summed E-state index contributed by atoms with van der Waals surface area (Å²) in [7, 11) is 1.58. The third-order valence-electron chi connectivity index (χ3n) is 3.35. The van der Waals surface area contributed by atoms with Crippen molar-refractivity contribution in [2.75, 3.05) is 13.7 Å². The van der Waals surface area contributed by atoms with Crippen molar-refractivity contribution in [1.82, 2.24) is 0 Å². The number of methoxy groups -OCH3 is 1. The van der Waals surface area contributed by atoms with E-state index in [0.29, 0.717) is 24.5 Å². The Morgan fingerprint density at radius 2 is 1.77 bits per heavy atom. The first-order valence-corrected chi connectivity index (χ1v) is 7.24. The molecule has 0 unspecified atom stereocenters. The molecule has 0 aromatic heterocycles. The SMILES string of the molecule is COc1cc(CCC(=O)O)ccc1OCCc1ccccc1. The van der Waals surface area contributed by atoms with Crippen molar-refractivity contribution in [3.63, 3.8) is 0 Å². The lowest BCUT2D eigenvalue weighted by molar-refractivity contribution is -0.136. The third kappa shape index (κ3) is 4.81. The summed E-state index contributed by atoms with van der Waals surface area (Å²) in [6.07, 6.45) is 1.41. The van der Waals surface area contributed by atoms with Crippen LogP contribution in [0.25, 0.3) is 0 Å². The van der Waals surface area contributed by atoms with Crippen LogP contribution in [0.1, 0.15) is 17.5 Å². The number of benzene rings is 2. The Morgan fingerprint density at radius 3 is 2.45 bits per heavy atom. The lowest BCUT2D eigenvalue weighted by atomic mass is 10.1. The second-order valence-electron chi connectivity index (χ2n) is 4.96. The highest BCUT2D eigenvalue weighted by Gasteiger charge is 2.07. The molecule has 0 radical (unpaired) electrons. The minimum absolute atomic E-state index is 0.108. The second kappa shape index (κ2) is 8.08. The van der Waals surface area contributed by atoms with E-state index in [9.17, 15) is 4.79 Å². The van der Waals surface area contributed by atoms with Gasteiger partial charge in [-0.25, -0.2) is 0 Å². The van der Waals surface area contributed by atoms with Crippen LogP contribution in [0.5, 0.6) is 11.5 Å². The number of rotatable bonds is 8. The van der Waals surface area contributed by atoms with E-state index < -0.39 is 5.97 Å². The molecule has 1 N–H and O–H groups in total. The van der Waals surface area contributed by atoms with Gasteiger partial charge in [0.1, 0.15) is 0 Å². The first kappa shape index (κ1) is 15.9. The third-order valence-corrected chi connectivity index (χ3v) is 3.35. The van der Waals surface area contributed by atoms with E-state index in [1.54, 1.807) is 7.11 Å². The predicted molar refractivity (Wildman–Crippen MR) is 84.6 cm³/mol. The van der Waals surface area contributed by atoms with E-state index in [-0.39, 0.29) is 6.42 Å². The van der Waals surface area contributed by atoms with E-state index in [2.05, 4.69) is 12.1 Å². The molecule has 0 aliphatic rings. The summed E-state index contributed by atoms with van der Waals surface area (Å²) in [5.41, 5.74) is 2.15. The number of hydrogen-bond acceptors (Lipinski definition) is 3. The lowest BCUT2D eigenvalue weighted by Crippen LogP contribution is -2.03. The maximum atomic E-state index is 10.6. The highest BCUT2D eigenvalue weighted by molar-refractivity contribution is 5.67. The molecule has 0 spiro atoms. The van der Waals surface area contributed by atoms with Crippen LogP contribution in [0.2, 0.25) is 0 Å². The fourth-order valence-electron chi connectivity index (χ4n) is 2.16. The van der Waals surface area contributed by atoms with Gasteiger partial charge in [-0.1, -0.05) is 36.4 Å². The van der Waals surface area contributed by atoms with Crippen molar-refractivity contribution in [2.24, 2.45) is 0 Å². The van der Waals surface area contributed by atoms with Crippen molar-refractivity contribution in [2.45, 2.75) is 19.3 Å². The molecule has 22 heavy (non-hydrogen) atoms. The van der Waals surface area contributed by atoms with Gasteiger partial charge in [0.15, 0.2) is 11.5 Å². The molecule has 4 heteroatoms. The molecule has 0 saturated heterocycles. The molecule has 2 aromatic rings. The van der Waals surface area contributed by atoms with Crippen molar-refractivity contribution < 1.29 is 19.4 Å². The Morgan fingerprint density at radius 1 is 1.00 bits per heavy atom. The van der Waals surface area contributed by atoms with Gasteiger partial charge in [-0.05, 0) is 29.7 Å².